The number of nitrogens with zero attached hydrogens (tertiary/aromatic N) is 2. The van der Waals surface area contributed by atoms with E-state index in [4.69, 9.17) is 0 Å². The van der Waals surface area contributed by atoms with Crippen LogP contribution in [0.5, 0.6) is 0 Å². The van der Waals surface area contributed by atoms with Gasteiger partial charge in [-0.25, -0.2) is 0 Å². The van der Waals surface area contributed by atoms with Crippen molar-refractivity contribution < 1.29 is 0 Å². The van der Waals surface area contributed by atoms with Gasteiger partial charge in [0.2, 0.25) is 0 Å². The van der Waals surface area contributed by atoms with Crippen molar-refractivity contribution in [2.24, 2.45) is 0 Å². The second-order valence-electron chi connectivity index (χ2n) is 15.4. The van der Waals surface area contributed by atoms with Gasteiger partial charge in [0.25, 0.3) is 0 Å². The van der Waals surface area contributed by atoms with Gasteiger partial charge in [-0.1, -0.05) is 131 Å². The molecule has 2 heteroatoms. The van der Waals surface area contributed by atoms with Gasteiger partial charge in [0.1, 0.15) is 0 Å². The van der Waals surface area contributed by atoms with E-state index < -0.39 is 0 Å². The lowest BCUT2D eigenvalue weighted by Gasteiger charge is -2.40. The van der Waals surface area contributed by atoms with Gasteiger partial charge in [-0.3, -0.25) is 0 Å². The summed E-state index contributed by atoms with van der Waals surface area (Å²) in [7, 11) is 0. The Hall–Kier alpha value is -5.86. The maximum absolute atomic E-state index is 2.59. The summed E-state index contributed by atoms with van der Waals surface area (Å²) in [5, 5.41) is 5.26. The summed E-state index contributed by atoms with van der Waals surface area (Å²) in [5.74, 6) is 0. The Morgan fingerprint density at radius 3 is 1.58 bits per heavy atom. The first-order valence-corrected chi connectivity index (χ1v) is 17.8. The first-order chi connectivity index (χ1) is 24.3. The normalized spacial score (nSPS) is 15.1. The summed E-state index contributed by atoms with van der Waals surface area (Å²) in [6, 6.07) is 54.6. The molecule has 0 saturated heterocycles. The van der Waals surface area contributed by atoms with Crippen molar-refractivity contribution >= 4 is 43.6 Å². The first-order valence-electron chi connectivity index (χ1n) is 17.8. The molecule has 2 aliphatic rings. The van der Waals surface area contributed by atoms with Crippen LogP contribution in [0.1, 0.15) is 49.9 Å². The van der Waals surface area contributed by atoms with Gasteiger partial charge in [-0.05, 0) is 87.0 Å². The van der Waals surface area contributed by atoms with Crippen molar-refractivity contribution in [1.82, 2.24) is 9.13 Å². The summed E-state index contributed by atoms with van der Waals surface area (Å²) in [4.78, 5) is 0. The van der Waals surface area contributed by atoms with E-state index in [1.807, 2.05) is 0 Å². The molecule has 0 amide bonds. The van der Waals surface area contributed by atoms with Gasteiger partial charge in [0.15, 0.2) is 0 Å². The predicted molar refractivity (Wildman–Crippen MR) is 210 cm³/mol. The highest BCUT2D eigenvalue weighted by Gasteiger charge is 2.41. The topological polar surface area (TPSA) is 9.86 Å². The second kappa shape index (κ2) is 9.43. The summed E-state index contributed by atoms with van der Waals surface area (Å²) in [5.41, 5.74) is 17.8. The molecule has 0 aliphatic carbocycles. The first kappa shape index (κ1) is 28.0. The average molecular weight is 641 g/mol. The van der Waals surface area contributed by atoms with Crippen molar-refractivity contribution in [2.75, 3.05) is 0 Å². The monoisotopic (exact) mass is 640 g/mol. The lowest BCUT2D eigenvalue weighted by Crippen LogP contribution is -2.31. The van der Waals surface area contributed by atoms with Crippen molar-refractivity contribution in [3.05, 3.63) is 168 Å². The van der Waals surface area contributed by atoms with E-state index >= 15 is 0 Å². The molecule has 2 aromatic heterocycles. The smallest absolute Gasteiger partial charge is 0.0582 e. The van der Waals surface area contributed by atoms with E-state index in [0.29, 0.717) is 0 Å². The average Bonchev–Trinajstić information content (AvgIpc) is 3.66. The molecule has 2 aliphatic heterocycles. The van der Waals surface area contributed by atoms with Crippen LogP contribution in [0.15, 0.2) is 146 Å². The van der Waals surface area contributed by atoms with E-state index in [1.54, 1.807) is 0 Å². The minimum Gasteiger partial charge on any atom is -0.309 e. The third-order valence-corrected chi connectivity index (χ3v) is 12.1. The number of benzene rings is 7. The zero-order valence-corrected chi connectivity index (χ0v) is 28.8. The van der Waals surface area contributed by atoms with Crippen LogP contribution in [-0.2, 0) is 10.8 Å². The number of aromatic nitrogens is 2. The zero-order valence-electron chi connectivity index (χ0n) is 28.8. The Labute approximate surface area is 291 Å². The number of fused-ring (bicyclic) bond motifs is 10. The largest absolute Gasteiger partial charge is 0.309 e. The van der Waals surface area contributed by atoms with E-state index in [2.05, 4.69) is 182 Å². The molecular formula is C48H36N2. The summed E-state index contributed by atoms with van der Waals surface area (Å²) in [6.45, 7) is 9.70. The van der Waals surface area contributed by atoms with Crippen LogP contribution in [0.25, 0.3) is 77.2 Å². The molecule has 4 heterocycles. The van der Waals surface area contributed by atoms with Gasteiger partial charge in [-0.2, -0.15) is 0 Å². The van der Waals surface area contributed by atoms with Crippen LogP contribution < -0.4 is 0 Å². The van der Waals surface area contributed by atoms with Gasteiger partial charge >= 0.3 is 0 Å². The van der Waals surface area contributed by atoms with E-state index in [9.17, 15) is 0 Å². The zero-order chi connectivity index (χ0) is 33.5. The highest BCUT2D eigenvalue weighted by atomic mass is 15.0. The molecule has 0 bridgehead atoms. The molecule has 50 heavy (non-hydrogen) atoms. The minimum absolute atomic E-state index is 0.182. The lowest BCUT2D eigenvalue weighted by atomic mass is 9.70. The fourth-order valence-electron chi connectivity index (χ4n) is 9.49. The van der Waals surface area contributed by atoms with Crippen molar-refractivity contribution in [1.29, 1.82) is 0 Å². The molecule has 0 atom stereocenters. The quantitative estimate of drug-likeness (QED) is 0.178. The Morgan fingerprint density at radius 1 is 0.340 bits per heavy atom. The number of para-hydroxylation sites is 2. The third-order valence-electron chi connectivity index (χ3n) is 12.1. The van der Waals surface area contributed by atoms with Gasteiger partial charge in [0.05, 0.1) is 33.4 Å². The number of rotatable bonds is 2. The van der Waals surface area contributed by atoms with Crippen LogP contribution in [0.3, 0.4) is 0 Å². The van der Waals surface area contributed by atoms with E-state index in [1.165, 1.54) is 99.5 Å². The predicted octanol–water partition coefficient (Wildman–Crippen LogP) is 12.5. The van der Waals surface area contributed by atoms with Gasteiger partial charge in [0, 0.05) is 32.4 Å². The fourth-order valence-corrected chi connectivity index (χ4v) is 9.49. The number of hydrogen-bond acceptors (Lipinski definition) is 0. The molecule has 9 aromatic rings. The van der Waals surface area contributed by atoms with Crippen LogP contribution in [0.2, 0.25) is 0 Å². The highest BCUT2D eigenvalue weighted by Crippen LogP contribution is 2.54. The fraction of sp³-hybridized carbons (Fsp3) is 0.125. The molecule has 0 N–H and O–H groups in total. The SMILES string of the molecule is CC1(C)c2cc3c(cc2-n2c4ccccc4c4cccc1c42)C(C)(C)c1cc(-c2ccccc2)cc2c4cc(-c5ccccc5)ccc4n-3c12. The van der Waals surface area contributed by atoms with E-state index in [0.717, 1.165) is 0 Å². The molecule has 7 aromatic carbocycles. The lowest BCUT2D eigenvalue weighted by molar-refractivity contribution is 0.610. The van der Waals surface area contributed by atoms with Crippen LogP contribution in [0, 0.1) is 0 Å². The van der Waals surface area contributed by atoms with Crippen LogP contribution in [0.4, 0.5) is 0 Å². The molecule has 0 saturated carbocycles. The van der Waals surface area contributed by atoms with Gasteiger partial charge in [-0.15, -0.1) is 0 Å². The van der Waals surface area contributed by atoms with E-state index in [-0.39, 0.29) is 10.8 Å². The van der Waals surface area contributed by atoms with Crippen molar-refractivity contribution in [3.63, 3.8) is 0 Å². The molecule has 2 nitrogen and oxygen atoms in total. The standard InChI is InChI=1S/C48H36N2/c1-47(2)37-20-13-19-34-33-18-11-12-21-41(33)49(45(34)37)43-28-39-44(27-38(43)47)50-42-23-22-31(29-14-7-5-8-15-29)24-35(42)36-25-32(30-16-9-6-10-17-30)26-40(46(36)50)48(39,3)4/h5-28H,1-4H3. The molecule has 11 rings (SSSR count). The Morgan fingerprint density at radius 2 is 0.880 bits per heavy atom. The Bertz CT molecular complexity index is 2900. The Kier molecular flexibility index (Phi) is 5.28. The molecule has 238 valence electrons. The summed E-state index contributed by atoms with van der Waals surface area (Å²) in [6.07, 6.45) is 0. The number of hydrogen-bond donors (Lipinski definition) is 0. The molecular weight excluding hydrogens is 605 g/mol. The van der Waals surface area contributed by atoms with Crippen LogP contribution >= 0.6 is 0 Å². The third kappa shape index (κ3) is 3.43. The molecule has 0 spiro atoms. The Balaban J connectivity index is 1.29. The van der Waals surface area contributed by atoms with Gasteiger partial charge < -0.3 is 9.13 Å². The summed E-state index contributed by atoms with van der Waals surface area (Å²) < 4.78 is 5.15. The second-order valence-corrected chi connectivity index (χ2v) is 15.4. The maximum Gasteiger partial charge on any atom is 0.0582 e. The molecule has 0 radical (unpaired) electrons. The highest BCUT2D eigenvalue weighted by molar-refractivity contribution is 6.15. The van der Waals surface area contributed by atoms with Crippen molar-refractivity contribution in [2.45, 2.75) is 38.5 Å². The molecule has 0 fully saturated rings. The minimum atomic E-state index is -0.247. The maximum atomic E-state index is 2.59. The van der Waals surface area contributed by atoms with Crippen molar-refractivity contribution in [3.8, 4) is 33.6 Å². The summed E-state index contributed by atoms with van der Waals surface area (Å²) >= 11 is 0. The molecule has 0 unspecified atom stereocenters. The van der Waals surface area contributed by atoms with Crippen LogP contribution in [-0.4, -0.2) is 9.13 Å².